The first kappa shape index (κ1) is 31.0. The van der Waals surface area contributed by atoms with E-state index in [0.29, 0.717) is 16.7 Å². The summed E-state index contributed by atoms with van der Waals surface area (Å²) in [6, 6.07) is 24.9. The molecule has 0 aliphatic heterocycles. The Hall–Kier alpha value is -4.05. The first-order valence-electron chi connectivity index (χ1n) is 10.3. The van der Waals surface area contributed by atoms with Crippen molar-refractivity contribution in [2.75, 3.05) is 13.2 Å². The van der Waals surface area contributed by atoms with E-state index in [-0.39, 0.29) is 19.6 Å². The number of rotatable bonds is 6. The number of hydrogen-bond acceptors (Lipinski definition) is 6. The lowest BCUT2D eigenvalue weighted by atomic mass is 10.1. The smallest absolute Gasteiger partial charge is 0.335 e. The fourth-order valence-electron chi connectivity index (χ4n) is 2.06. The second kappa shape index (κ2) is 17.4. The Bertz CT molecular complexity index is 871. The van der Waals surface area contributed by atoms with E-state index in [1.54, 1.807) is 91.0 Å². The molecule has 1 atom stereocenters. The van der Waals surface area contributed by atoms with Gasteiger partial charge in [-0.15, -0.1) is 0 Å². The van der Waals surface area contributed by atoms with Crippen molar-refractivity contribution in [3.63, 3.8) is 0 Å². The Kier molecular flexibility index (Phi) is 15.4. The van der Waals surface area contributed by atoms with Crippen molar-refractivity contribution in [3.05, 3.63) is 108 Å². The second-order valence-electron chi connectivity index (χ2n) is 7.14. The summed E-state index contributed by atoms with van der Waals surface area (Å²) in [5.74, 6) is -2.64. The monoisotopic (exact) mass is 486 g/mol. The molecule has 0 amide bonds. The second-order valence-corrected chi connectivity index (χ2v) is 7.14. The Morgan fingerprint density at radius 2 is 0.857 bits per heavy atom. The van der Waals surface area contributed by atoms with E-state index in [9.17, 15) is 14.4 Å². The first-order chi connectivity index (χ1) is 16.5. The van der Waals surface area contributed by atoms with Crippen LogP contribution in [0.25, 0.3) is 0 Å². The van der Waals surface area contributed by atoms with Gasteiger partial charge in [-0.1, -0.05) is 54.6 Å². The van der Waals surface area contributed by atoms with Crippen LogP contribution in [-0.4, -0.2) is 67.4 Å². The molecule has 6 N–H and O–H groups in total. The van der Waals surface area contributed by atoms with Gasteiger partial charge >= 0.3 is 17.9 Å². The molecule has 188 valence electrons. The van der Waals surface area contributed by atoms with Crippen molar-refractivity contribution in [2.45, 2.75) is 18.9 Å². The topological polar surface area (TPSA) is 173 Å². The molecule has 3 aromatic carbocycles. The Morgan fingerprint density at radius 1 is 0.600 bits per heavy atom. The van der Waals surface area contributed by atoms with Gasteiger partial charge in [0.2, 0.25) is 0 Å². The fraction of sp³-hybridized carbons (Fsp3) is 0.192. The SMILES string of the molecule is C[C@@](O)(CO)CCO.O=C(O)c1ccccc1.O=C(O)c1ccccc1.O=C(O)c1ccccc1. The molecule has 0 fully saturated rings. The van der Waals surface area contributed by atoms with Crippen LogP contribution in [0.15, 0.2) is 91.0 Å². The highest BCUT2D eigenvalue weighted by Gasteiger charge is 2.16. The molecule has 9 heteroatoms. The van der Waals surface area contributed by atoms with Gasteiger partial charge in [0.25, 0.3) is 0 Å². The van der Waals surface area contributed by atoms with Crippen LogP contribution in [0.4, 0.5) is 0 Å². The van der Waals surface area contributed by atoms with Crippen LogP contribution >= 0.6 is 0 Å². The average Bonchev–Trinajstić information content (AvgIpc) is 2.87. The summed E-state index contributed by atoms with van der Waals surface area (Å²) in [5.41, 5.74) is -0.109. The molecule has 0 aromatic heterocycles. The van der Waals surface area contributed by atoms with Crippen molar-refractivity contribution < 1.29 is 45.0 Å². The van der Waals surface area contributed by atoms with Gasteiger partial charge in [-0.2, -0.15) is 0 Å². The molecule has 0 spiro atoms. The molecule has 0 radical (unpaired) electrons. The number of carbonyl (C=O) groups is 3. The summed E-state index contributed by atoms with van der Waals surface area (Å²) in [6.45, 7) is 1.09. The largest absolute Gasteiger partial charge is 0.478 e. The summed E-state index contributed by atoms with van der Waals surface area (Å²) >= 11 is 0. The number of aliphatic hydroxyl groups excluding tert-OH is 2. The quantitative estimate of drug-likeness (QED) is 0.306. The predicted molar refractivity (Wildman–Crippen MR) is 130 cm³/mol. The number of carboxylic acid groups (broad SMARTS) is 3. The van der Waals surface area contributed by atoms with E-state index in [1.807, 2.05) is 0 Å². The van der Waals surface area contributed by atoms with Gasteiger partial charge in [-0.25, -0.2) is 14.4 Å². The normalized spacial score (nSPS) is 11.0. The third-order valence-electron chi connectivity index (χ3n) is 4.05. The zero-order valence-corrected chi connectivity index (χ0v) is 19.2. The number of aromatic carboxylic acids is 3. The predicted octanol–water partition coefficient (Wildman–Crippen LogP) is 3.27. The molecule has 0 unspecified atom stereocenters. The molecule has 0 saturated carbocycles. The standard InChI is InChI=1S/3C7H6O2.C5H12O3/c3*8-7(9)6-4-2-1-3-5-6;1-5(8,4-7)2-3-6/h3*1-5H,(H,8,9);6-8H,2-4H2,1H3/t;;;5-/m...0/s1. The van der Waals surface area contributed by atoms with Crippen LogP contribution in [0.1, 0.15) is 44.4 Å². The molecule has 3 aromatic rings. The molecular weight excluding hydrogens is 456 g/mol. The maximum absolute atomic E-state index is 10.2. The number of hydrogen-bond donors (Lipinski definition) is 6. The van der Waals surface area contributed by atoms with Crippen molar-refractivity contribution in [1.82, 2.24) is 0 Å². The number of aliphatic hydroxyl groups is 3. The Balaban J connectivity index is 0.000000441. The molecule has 0 aliphatic carbocycles. The highest BCUT2D eigenvalue weighted by Crippen LogP contribution is 2.05. The number of benzene rings is 3. The average molecular weight is 487 g/mol. The number of carboxylic acids is 3. The van der Waals surface area contributed by atoms with Crippen LogP contribution in [0.3, 0.4) is 0 Å². The summed E-state index contributed by atoms with van der Waals surface area (Å²) in [5, 5.41) is 50.7. The van der Waals surface area contributed by atoms with Gasteiger partial charge in [0.1, 0.15) is 0 Å². The van der Waals surface area contributed by atoms with E-state index in [0.717, 1.165) is 0 Å². The van der Waals surface area contributed by atoms with Gasteiger partial charge < -0.3 is 30.6 Å². The zero-order valence-electron chi connectivity index (χ0n) is 19.2. The molecule has 0 heterocycles. The van der Waals surface area contributed by atoms with Crippen molar-refractivity contribution >= 4 is 17.9 Å². The van der Waals surface area contributed by atoms with E-state index < -0.39 is 23.5 Å². The molecule has 9 nitrogen and oxygen atoms in total. The van der Waals surface area contributed by atoms with Crippen LogP contribution in [0.2, 0.25) is 0 Å². The van der Waals surface area contributed by atoms with Gasteiger partial charge in [0.05, 0.1) is 28.9 Å². The van der Waals surface area contributed by atoms with Crippen LogP contribution in [0.5, 0.6) is 0 Å². The minimum absolute atomic E-state index is 0.0897. The van der Waals surface area contributed by atoms with Crippen molar-refractivity contribution in [3.8, 4) is 0 Å². The van der Waals surface area contributed by atoms with E-state index in [1.165, 1.54) is 6.92 Å². The summed E-state index contributed by atoms with van der Waals surface area (Å²) in [4.78, 5) is 30.6. The van der Waals surface area contributed by atoms with Crippen LogP contribution in [0, 0.1) is 0 Å². The maximum Gasteiger partial charge on any atom is 0.335 e. The molecule has 0 aliphatic rings. The zero-order chi connectivity index (χ0) is 26.7. The lowest BCUT2D eigenvalue weighted by Crippen LogP contribution is -2.29. The van der Waals surface area contributed by atoms with Gasteiger partial charge in [0.15, 0.2) is 0 Å². The summed E-state index contributed by atoms with van der Waals surface area (Å²) in [7, 11) is 0. The third kappa shape index (κ3) is 15.4. The third-order valence-corrected chi connectivity index (χ3v) is 4.05. The van der Waals surface area contributed by atoms with Crippen molar-refractivity contribution in [1.29, 1.82) is 0 Å². The molecule has 0 bridgehead atoms. The van der Waals surface area contributed by atoms with Gasteiger partial charge in [0, 0.05) is 13.0 Å². The van der Waals surface area contributed by atoms with E-state index in [4.69, 9.17) is 30.6 Å². The lowest BCUT2D eigenvalue weighted by molar-refractivity contribution is -0.0162. The van der Waals surface area contributed by atoms with E-state index >= 15 is 0 Å². The molecule has 3 rings (SSSR count). The molecule has 0 saturated heterocycles. The first-order valence-corrected chi connectivity index (χ1v) is 10.3. The fourth-order valence-corrected chi connectivity index (χ4v) is 2.06. The Morgan fingerprint density at radius 3 is 0.971 bits per heavy atom. The highest BCUT2D eigenvalue weighted by molar-refractivity contribution is 5.88. The Labute approximate surface area is 203 Å². The minimum Gasteiger partial charge on any atom is -0.478 e. The van der Waals surface area contributed by atoms with Gasteiger partial charge in [-0.3, -0.25) is 0 Å². The molecule has 35 heavy (non-hydrogen) atoms. The highest BCUT2D eigenvalue weighted by atomic mass is 16.4. The summed E-state index contributed by atoms with van der Waals surface area (Å²) in [6.07, 6.45) is 0.226. The molecular formula is C26H30O9. The van der Waals surface area contributed by atoms with E-state index in [2.05, 4.69) is 0 Å². The lowest BCUT2D eigenvalue weighted by Gasteiger charge is -2.17. The van der Waals surface area contributed by atoms with Gasteiger partial charge in [-0.05, 0) is 43.3 Å². The minimum atomic E-state index is -1.10. The van der Waals surface area contributed by atoms with Crippen LogP contribution < -0.4 is 0 Å². The van der Waals surface area contributed by atoms with Crippen LogP contribution in [-0.2, 0) is 0 Å². The summed E-state index contributed by atoms with van der Waals surface area (Å²) < 4.78 is 0. The maximum atomic E-state index is 10.2. The van der Waals surface area contributed by atoms with Crippen molar-refractivity contribution in [2.24, 2.45) is 0 Å².